The molecule has 0 bridgehead atoms. The molecule has 1 N–H and O–H groups in total. The van der Waals surface area contributed by atoms with Gasteiger partial charge in [-0.15, -0.1) is 0 Å². The molecular formula is C25H28N4O2. The number of carbonyl (C=O) groups is 2. The van der Waals surface area contributed by atoms with E-state index < -0.39 is 5.54 Å². The Labute approximate surface area is 182 Å². The quantitative estimate of drug-likeness (QED) is 0.697. The highest BCUT2D eigenvalue weighted by Crippen LogP contribution is 2.35. The summed E-state index contributed by atoms with van der Waals surface area (Å²) in [6.07, 6.45) is 5.20. The number of imidazole rings is 1. The van der Waals surface area contributed by atoms with Crippen molar-refractivity contribution >= 4 is 28.5 Å². The van der Waals surface area contributed by atoms with Crippen molar-refractivity contribution in [3.63, 3.8) is 0 Å². The SMILES string of the molecule is CCc1ccc(N2C(=O)c3nc4ccccc4n3CC2(C)C(=O)NC2CCCC2)cc1. The van der Waals surface area contributed by atoms with Crippen LogP contribution >= 0.6 is 0 Å². The van der Waals surface area contributed by atoms with E-state index in [1.165, 1.54) is 5.56 Å². The lowest BCUT2D eigenvalue weighted by molar-refractivity contribution is -0.127. The summed E-state index contributed by atoms with van der Waals surface area (Å²) in [6.45, 7) is 4.34. The monoisotopic (exact) mass is 416 g/mol. The lowest BCUT2D eigenvalue weighted by Gasteiger charge is -2.43. The number of rotatable bonds is 4. The van der Waals surface area contributed by atoms with Crippen LogP contribution in [0.1, 0.15) is 55.7 Å². The van der Waals surface area contributed by atoms with E-state index in [1.54, 1.807) is 4.90 Å². The summed E-state index contributed by atoms with van der Waals surface area (Å²) in [4.78, 5) is 33.7. The Bertz CT molecular complexity index is 1140. The molecule has 0 spiro atoms. The summed E-state index contributed by atoms with van der Waals surface area (Å²) in [6, 6.07) is 15.8. The summed E-state index contributed by atoms with van der Waals surface area (Å²) >= 11 is 0. The molecule has 5 rings (SSSR count). The molecule has 1 aliphatic heterocycles. The highest BCUT2D eigenvalue weighted by Gasteiger charge is 2.49. The van der Waals surface area contributed by atoms with Crippen molar-refractivity contribution in [2.45, 2.75) is 64.1 Å². The molecule has 31 heavy (non-hydrogen) atoms. The number of aromatic nitrogens is 2. The third-order valence-electron chi connectivity index (χ3n) is 6.79. The molecule has 3 aromatic rings. The van der Waals surface area contributed by atoms with Crippen LogP contribution in [0.15, 0.2) is 48.5 Å². The summed E-state index contributed by atoms with van der Waals surface area (Å²) in [5.74, 6) is 0.0402. The van der Waals surface area contributed by atoms with Crippen molar-refractivity contribution in [3.8, 4) is 0 Å². The number of carbonyl (C=O) groups excluding carboxylic acids is 2. The molecule has 1 saturated carbocycles. The molecule has 2 aromatic carbocycles. The van der Waals surface area contributed by atoms with Crippen molar-refractivity contribution in [2.24, 2.45) is 0 Å². The van der Waals surface area contributed by atoms with E-state index in [4.69, 9.17) is 0 Å². The molecule has 1 atom stereocenters. The van der Waals surface area contributed by atoms with E-state index in [0.717, 1.165) is 48.8 Å². The Morgan fingerprint density at radius 2 is 1.84 bits per heavy atom. The Kier molecular flexibility index (Phi) is 4.80. The molecule has 1 aromatic heterocycles. The van der Waals surface area contributed by atoms with Gasteiger partial charge in [-0.3, -0.25) is 14.5 Å². The highest BCUT2D eigenvalue weighted by atomic mass is 16.2. The van der Waals surface area contributed by atoms with Gasteiger partial charge in [-0.2, -0.15) is 0 Å². The van der Waals surface area contributed by atoms with Gasteiger partial charge in [-0.1, -0.05) is 44.0 Å². The van der Waals surface area contributed by atoms with Crippen LogP contribution in [0.5, 0.6) is 0 Å². The second-order valence-corrected chi connectivity index (χ2v) is 8.90. The number of para-hydroxylation sites is 2. The summed E-state index contributed by atoms with van der Waals surface area (Å²) in [5.41, 5.74) is 2.52. The molecule has 160 valence electrons. The molecular weight excluding hydrogens is 388 g/mol. The second kappa shape index (κ2) is 7.52. The predicted molar refractivity (Wildman–Crippen MR) is 121 cm³/mol. The first-order valence-electron chi connectivity index (χ1n) is 11.2. The van der Waals surface area contributed by atoms with E-state index >= 15 is 0 Å². The van der Waals surface area contributed by atoms with Gasteiger partial charge in [0.25, 0.3) is 5.91 Å². The lowest BCUT2D eigenvalue weighted by Crippen LogP contribution is -2.65. The first-order chi connectivity index (χ1) is 15.0. The average molecular weight is 417 g/mol. The largest absolute Gasteiger partial charge is 0.351 e. The van der Waals surface area contributed by atoms with Gasteiger partial charge in [0.05, 0.1) is 17.6 Å². The van der Waals surface area contributed by atoms with Crippen LogP contribution in [0.3, 0.4) is 0 Å². The molecule has 1 fully saturated rings. The summed E-state index contributed by atoms with van der Waals surface area (Å²) in [7, 11) is 0. The van der Waals surface area contributed by atoms with Crippen LogP contribution in [0.25, 0.3) is 11.0 Å². The maximum Gasteiger partial charge on any atom is 0.295 e. The van der Waals surface area contributed by atoms with Gasteiger partial charge in [-0.05, 0) is 56.0 Å². The molecule has 0 radical (unpaired) electrons. The minimum Gasteiger partial charge on any atom is -0.351 e. The Morgan fingerprint density at radius 3 is 2.55 bits per heavy atom. The number of nitrogens with one attached hydrogen (secondary N) is 1. The van der Waals surface area contributed by atoms with Gasteiger partial charge < -0.3 is 9.88 Å². The van der Waals surface area contributed by atoms with E-state index in [2.05, 4.69) is 17.2 Å². The number of fused-ring (bicyclic) bond motifs is 3. The van der Waals surface area contributed by atoms with Gasteiger partial charge in [-0.25, -0.2) is 4.98 Å². The van der Waals surface area contributed by atoms with Crippen LogP contribution in [0.4, 0.5) is 5.69 Å². The molecule has 2 heterocycles. The normalized spacial score (nSPS) is 21.5. The first-order valence-corrected chi connectivity index (χ1v) is 11.2. The van der Waals surface area contributed by atoms with E-state index in [9.17, 15) is 9.59 Å². The lowest BCUT2D eigenvalue weighted by atomic mass is 9.93. The number of benzene rings is 2. The molecule has 2 aliphatic rings. The number of nitrogens with zero attached hydrogens (tertiary/aromatic N) is 3. The van der Waals surface area contributed by atoms with Crippen molar-refractivity contribution < 1.29 is 9.59 Å². The number of anilines is 1. The highest BCUT2D eigenvalue weighted by molar-refractivity contribution is 6.12. The predicted octanol–water partition coefficient (Wildman–Crippen LogP) is 4.08. The first kappa shape index (κ1) is 19.8. The van der Waals surface area contributed by atoms with E-state index in [1.807, 2.05) is 60.0 Å². The van der Waals surface area contributed by atoms with Crippen molar-refractivity contribution in [1.29, 1.82) is 0 Å². The second-order valence-electron chi connectivity index (χ2n) is 8.90. The average Bonchev–Trinajstić information content (AvgIpc) is 3.42. The Morgan fingerprint density at radius 1 is 1.13 bits per heavy atom. The van der Waals surface area contributed by atoms with Crippen LogP contribution in [-0.4, -0.2) is 32.9 Å². The summed E-state index contributed by atoms with van der Waals surface area (Å²) in [5, 5.41) is 3.24. The van der Waals surface area contributed by atoms with Crippen molar-refractivity contribution in [1.82, 2.24) is 14.9 Å². The fraction of sp³-hybridized carbons (Fsp3) is 0.400. The van der Waals surface area contributed by atoms with Gasteiger partial charge in [0.1, 0.15) is 5.54 Å². The van der Waals surface area contributed by atoms with Gasteiger partial charge in [0, 0.05) is 11.7 Å². The van der Waals surface area contributed by atoms with Crippen LogP contribution in [0.2, 0.25) is 0 Å². The van der Waals surface area contributed by atoms with Crippen LogP contribution in [0, 0.1) is 0 Å². The smallest absolute Gasteiger partial charge is 0.295 e. The van der Waals surface area contributed by atoms with Crippen molar-refractivity contribution in [3.05, 3.63) is 59.9 Å². The number of amides is 2. The minimum atomic E-state index is -1.05. The zero-order valence-electron chi connectivity index (χ0n) is 18.1. The molecule has 6 heteroatoms. The molecule has 1 aliphatic carbocycles. The van der Waals surface area contributed by atoms with Crippen LogP contribution in [-0.2, 0) is 17.8 Å². The molecule has 2 amide bonds. The fourth-order valence-corrected chi connectivity index (χ4v) is 4.97. The maximum atomic E-state index is 13.8. The summed E-state index contributed by atoms with van der Waals surface area (Å²) < 4.78 is 1.91. The van der Waals surface area contributed by atoms with Gasteiger partial charge in [0.2, 0.25) is 11.7 Å². The van der Waals surface area contributed by atoms with E-state index in [0.29, 0.717) is 12.4 Å². The minimum absolute atomic E-state index is 0.101. The van der Waals surface area contributed by atoms with Crippen LogP contribution < -0.4 is 10.2 Å². The maximum absolute atomic E-state index is 13.8. The Hall–Kier alpha value is -3.15. The third-order valence-corrected chi connectivity index (χ3v) is 6.79. The van der Waals surface area contributed by atoms with Gasteiger partial charge >= 0.3 is 0 Å². The standard InChI is InChI=1S/C25H28N4O2/c1-3-17-12-14-19(15-13-17)29-23(30)22-27-20-10-6-7-11-21(20)28(22)16-25(29,2)24(31)26-18-8-4-5-9-18/h6-7,10-15,18H,3-5,8-9,16H2,1-2H3,(H,26,31). The number of hydrogen-bond donors (Lipinski definition) is 1. The van der Waals surface area contributed by atoms with Gasteiger partial charge in [0.15, 0.2) is 0 Å². The molecule has 6 nitrogen and oxygen atoms in total. The molecule has 0 saturated heterocycles. The van der Waals surface area contributed by atoms with Crippen molar-refractivity contribution in [2.75, 3.05) is 4.90 Å². The zero-order valence-corrected chi connectivity index (χ0v) is 18.1. The fourth-order valence-electron chi connectivity index (χ4n) is 4.97. The number of hydrogen-bond acceptors (Lipinski definition) is 3. The zero-order chi connectivity index (χ0) is 21.6. The number of aryl methyl sites for hydroxylation is 1. The topological polar surface area (TPSA) is 67.2 Å². The molecule has 1 unspecified atom stereocenters. The Balaban J connectivity index is 1.62. The van der Waals surface area contributed by atoms with E-state index in [-0.39, 0.29) is 17.9 Å². The third kappa shape index (κ3) is 3.21.